The van der Waals surface area contributed by atoms with Crippen molar-refractivity contribution >= 4 is 0 Å². The number of nitrogens with one attached hydrogen (secondary N) is 1. The number of aromatic nitrogens is 2. The second-order valence-corrected chi connectivity index (χ2v) is 3.64. The van der Waals surface area contributed by atoms with E-state index < -0.39 is 0 Å². The van der Waals surface area contributed by atoms with Crippen molar-refractivity contribution in [3.05, 3.63) is 11.4 Å². The van der Waals surface area contributed by atoms with Crippen LogP contribution in [0.25, 0.3) is 0 Å². The van der Waals surface area contributed by atoms with Gasteiger partial charge in [0.15, 0.2) is 0 Å². The average molecular weight is 183 g/mol. The molecule has 0 aliphatic rings. The maximum absolute atomic E-state index is 4.60. The Balaban J connectivity index is 2.17. The normalized spacial score (nSPS) is 11.1. The lowest BCUT2D eigenvalue weighted by Gasteiger charge is -2.05. The van der Waals surface area contributed by atoms with Crippen LogP contribution in [-0.2, 0) is 6.42 Å². The summed E-state index contributed by atoms with van der Waals surface area (Å²) in [5, 5.41) is 10.9. The molecule has 1 N–H and O–H groups in total. The van der Waals surface area contributed by atoms with E-state index in [2.05, 4.69) is 34.1 Å². The zero-order chi connectivity index (χ0) is 9.68. The zero-order valence-electron chi connectivity index (χ0n) is 8.50. The SMILES string of the molecule is Cc1nonc1CCNCC(C)C. The molecule has 1 aromatic heterocycles. The Morgan fingerprint density at radius 1 is 1.38 bits per heavy atom. The second-order valence-electron chi connectivity index (χ2n) is 3.64. The highest BCUT2D eigenvalue weighted by atomic mass is 16.6. The van der Waals surface area contributed by atoms with Crippen molar-refractivity contribution in [2.24, 2.45) is 5.92 Å². The smallest absolute Gasteiger partial charge is 0.109 e. The molecule has 0 aliphatic heterocycles. The average Bonchev–Trinajstić information content (AvgIpc) is 2.45. The first-order chi connectivity index (χ1) is 6.20. The molecule has 1 rings (SSSR count). The number of aryl methyl sites for hydroxylation is 1. The van der Waals surface area contributed by atoms with Gasteiger partial charge in [-0.05, 0) is 19.4 Å². The third-order valence-corrected chi connectivity index (χ3v) is 1.84. The van der Waals surface area contributed by atoms with E-state index in [0.717, 1.165) is 30.9 Å². The molecule has 0 aliphatic carbocycles. The van der Waals surface area contributed by atoms with Gasteiger partial charge in [-0.2, -0.15) is 0 Å². The Morgan fingerprint density at radius 3 is 2.69 bits per heavy atom. The van der Waals surface area contributed by atoms with Crippen LogP contribution < -0.4 is 5.32 Å². The van der Waals surface area contributed by atoms with Gasteiger partial charge >= 0.3 is 0 Å². The summed E-state index contributed by atoms with van der Waals surface area (Å²) < 4.78 is 4.60. The molecule has 0 bridgehead atoms. The predicted molar refractivity (Wildman–Crippen MR) is 50.4 cm³/mol. The first kappa shape index (κ1) is 10.2. The van der Waals surface area contributed by atoms with Crippen molar-refractivity contribution in [3.8, 4) is 0 Å². The molecule has 4 heteroatoms. The standard InChI is InChI=1S/C9H17N3O/c1-7(2)6-10-5-4-9-8(3)11-13-12-9/h7,10H,4-6H2,1-3H3. The fourth-order valence-electron chi connectivity index (χ4n) is 1.07. The highest BCUT2D eigenvalue weighted by Crippen LogP contribution is 2.00. The summed E-state index contributed by atoms with van der Waals surface area (Å²) in [6.45, 7) is 8.28. The minimum absolute atomic E-state index is 0.691. The summed E-state index contributed by atoms with van der Waals surface area (Å²) in [4.78, 5) is 0. The van der Waals surface area contributed by atoms with Crippen LogP contribution in [0, 0.1) is 12.8 Å². The van der Waals surface area contributed by atoms with Crippen LogP contribution in [0.4, 0.5) is 0 Å². The van der Waals surface area contributed by atoms with E-state index in [1.54, 1.807) is 0 Å². The highest BCUT2D eigenvalue weighted by Gasteiger charge is 2.03. The van der Waals surface area contributed by atoms with Gasteiger partial charge in [0, 0.05) is 13.0 Å². The Kier molecular flexibility index (Phi) is 3.89. The van der Waals surface area contributed by atoms with Crippen LogP contribution in [-0.4, -0.2) is 23.4 Å². The third-order valence-electron chi connectivity index (χ3n) is 1.84. The maximum Gasteiger partial charge on any atom is 0.109 e. The number of nitrogens with zero attached hydrogens (tertiary/aromatic N) is 2. The van der Waals surface area contributed by atoms with E-state index >= 15 is 0 Å². The summed E-state index contributed by atoms with van der Waals surface area (Å²) >= 11 is 0. The molecule has 13 heavy (non-hydrogen) atoms. The predicted octanol–water partition coefficient (Wildman–Crippen LogP) is 1.17. The first-order valence-electron chi connectivity index (χ1n) is 4.69. The van der Waals surface area contributed by atoms with E-state index in [0.29, 0.717) is 5.92 Å². The Hall–Kier alpha value is -0.900. The van der Waals surface area contributed by atoms with E-state index in [4.69, 9.17) is 0 Å². The summed E-state index contributed by atoms with van der Waals surface area (Å²) in [6, 6.07) is 0. The molecule has 0 saturated carbocycles. The van der Waals surface area contributed by atoms with Crippen molar-refractivity contribution in [2.75, 3.05) is 13.1 Å². The lowest BCUT2D eigenvalue weighted by atomic mass is 10.2. The fraction of sp³-hybridized carbons (Fsp3) is 0.778. The van der Waals surface area contributed by atoms with Gasteiger partial charge in [-0.1, -0.05) is 24.2 Å². The molecule has 0 unspecified atom stereocenters. The molecule has 1 heterocycles. The van der Waals surface area contributed by atoms with Gasteiger partial charge in [0.25, 0.3) is 0 Å². The minimum Gasteiger partial charge on any atom is -0.316 e. The second kappa shape index (κ2) is 4.97. The molecule has 0 fully saturated rings. The van der Waals surface area contributed by atoms with Crippen molar-refractivity contribution in [1.82, 2.24) is 15.6 Å². The quantitative estimate of drug-likeness (QED) is 0.696. The van der Waals surface area contributed by atoms with Gasteiger partial charge < -0.3 is 5.32 Å². The molecular formula is C9H17N3O. The van der Waals surface area contributed by atoms with E-state index in [1.165, 1.54) is 0 Å². The topological polar surface area (TPSA) is 51.0 Å². The zero-order valence-corrected chi connectivity index (χ0v) is 8.50. The number of hydrogen-bond acceptors (Lipinski definition) is 4. The van der Waals surface area contributed by atoms with Gasteiger partial charge in [-0.25, -0.2) is 4.63 Å². The van der Waals surface area contributed by atoms with Crippen molar-refractivity contribution in [1.29, 1.82) is 0 Å². The summed E-state index contributed by atoms with van der Waals surface area (Å²) in [6.07, 6.45) is 0.891. The lowest BCUT2D eigenvalue weighted by molar-refractivity contribution is 0.301. The molecule has 4 nitrogen and oxygen atoms in total. The molecule has 0 atom stereocenters. The van der Waals surface area contributed by atoms with Crippen LogP contribution in [0.15, 0.2) is 4.63 Å². The summed E-state index contributed by atoms with van der Waals surface area (Å²) in [5.74, 6) is 0.691. The Labute approximate surface area is 78.7 Å². The van der Waals surface area contributed by atoms with Crippen LogP contribution in [0.5, 0.6) is 0 Å². The van der Waals surface area contributed by atoms with Crippen molar-refractivity contribution in [3.63, 3.8) is 0 Å². The first-order valence-corrected chi connectivity index (χ1v) is 4.69. The molecule has 0 saturated heterocycles. The van der Waals surface area contributed by atoms with Gasteiger partial charge in [-0.3, -0.25) is 0 Å². The Morgan fingerprint density at radius 2 is 2.15 bits per heavy atom. The molecule has 0 amide bonds. The van der Waals surface area contributed by atoms with Crippen LogP contribution in [0.3, 0.4) is 0 Å². The molecule has 1 aromatic rings. The monoisotopic (exact) mass is 183 g/mol. The number of rotatable bonds is 5. The molecule has 74 valence electrons. The lowest BCUT2D eigenvalue weighted by Crippen LogP contribution is -2.22. The highest BCUT2D eigenvalue weighted by molar-refractivity contribution is 5.04. The summed E-state index contributed by atoms with van der Waals surface area (Å²) in [7, 11) is 0. The molecular weight excluding hydrogens is 166 g/mol. The third kappa shape index (κ3) is 3.55. The fourth-order valence-corrected chi connectivity index (χ4v) is 1.07. The largest absolute Gasteiger partial charge is 0.316 e. The van der Waals surface area contributed by atoms with Crippen LogP contribution in [0.2, 0.25) is 0 Å². The van der Waals surface area contributed by atoms with E-state index in [1.807, 2.05) is 6.92 Å². The molecule has 0 radical (unpaired) electrons. The van der Waals surface area contributed by atoms with Crippen LogP contribution in [0.1, 0.15) is 25.2 Å². The molecule has 0 aromatic carbocycles. The van der Waals surface area contributed by atoms with Gasteiger partial charge in [-0.15, -0.1) is 0 Å². The van der Waals surface area contributed by atoms with Crippen molar-refractivity contribution in [2.45, 2.75) is 27.2 Å². The molecule has 0 spiro atoms. The van der Waals surface area contributed by atoms with Crippen molar-refractivity contribution < 1.29 is 4.63 Å². The minimum atomic E-state index is 0.691. The Bertz CT molecular complexity index is 245. The van der Waals surface area contributed by atoms with Gasteiger partial charge in [0.1, 0.15) is 11.4 Å². The van der Waals surface area contributed by atoms with E-state index in [-0.39, 0.29) is 0 Å². The van der Waals surface area contributed by atoms with Crippen LogP contribution >= 0.6 is 0 Å². The number of hydrogen-bond donors (Lipinski definition) is 1. The van der Waals surface area contributed by atoms with Gasteiger partial charge in [0.05, 0.1) is 0 Å². The summed E-state index contributed by atoms with van der Waals surface area (Å²) in [5.41, 5.74) is 1.85. The maximum atomic E-state index is 4.60. The van der Waals surface area contributed by atoms with E-state index in [9.17, 15) is 0 Å². The van der Waals surface area contributed by atoms with Gasteiger partial charge in [0.2, 0.25) is 0 Å².